The van der Waals surface area contributed by atoms with Crippen molar-refractivity contribution in [3.8, 4) is 0 Å². The van der Waals surface area contributed by atoms with Crippen LogP contribution in [0.25, 0.3) is 0 Å². The highest BCUT2D eigenvalue weighted by molar-refractivity contribution is 7.90. The predicted molar refractivity (Wildman–Crippen MR) is 67.1 cm³/mol. The van der Waals surface area contributed by atoms with Crippen LogP contribution >= 0.6 is 0 Å². The van der Waals surface area contributed by atoms with Gasteiger partial charge in [0.25, 0.3) is 0 Å². The second-order valence-electron chi connectivity index (χ2n) is 3.97. The summed E-state index contributed by atoms with van der Waals surface area (Å²) in [6, 6.07) is -0.297. The summed E-state index contributed by atoms with van der Waals surface area (Å²) < 4.78 is 26.7. The molecular formula is C10H20N4O2S. The molecule has 0 saturated carbocycles. The first-order valence-corrected chi connectivity index (χ1v) is 7.21. The van der Waals surface area contributed by atoms with Crippen molar-refractivity contribution in [3.05, 3.63) is 18.2 Å². The molecule has 0 aromatic carbocycles. The van der Waals surface area contributed by atoms with Crippen molar-refractivity contribution in [1.82, 2.24) is 20.0 Å². The Labute approximate surface area is 102 Å². The highest BCUT2D eigenvalue weighted by Gasteiger charge is 2.24. The molecule has 6 nitrogen and oxygen atoms in total. The van der Waals surface area contributed by atoms with E-state index in [9.17, 15) is 8.42 Å². The number of aromatic nitrogens is 2. The number of nitrogens with one attached hydrogen (secondary N) is 3. The number of H-pyrrole nitrogens is 1. The normalized spacial score (nSPS) is 15.7. The minimum Gasteiger partial charge on any atom is -0.347 e. The second kappa shape index (κ2) is 6.13. The molecule has 0 radical (unpaired) electrons. The molecule has 0 aliphatic carbocycles. The Balaban J connectivity index is 2.75. The summed E-state index contributed by atoms with van der Waals surface area (Å²) in [6.07, 6.45) is 3.95. The quantitative estimate of drug-likeness (QED) is 0.662. The van der Waals surface area contributed by atoms with Gasteiger partial charge in [0.05, 0.1) is 11.3 Å². The zero-order valence-electron chi connectivity index (χ0n) is 10.4. The van der Waals surface area contributed by atoms with Crippen LogP contribution in [0.5, 0.6) is 0 Å². The van der Waals surface area contributed by atoms with Gasteiger partial charge in [-0.3, -0.25) is 0 Å². The van der Waals surface area contributed by atoms with Crippen molar-refractivity contribution >= 4 is 10.0 Å². The zero-order valence-corrected chi connectivity index (χ0v) is 11.2. The molecule has 1 heterocycles. The number of hydrogen-bond donors (Lipinski definition) is 3. The second-order valence-corrected chi connectivity index (χ2v) is 6.10. The van der Waals surface area contributed by atoms with Crippen molar-refractivity contribution in [1.29, 1.82) is 0 Å². The maximum absolute atomic E-state index is 12.0. The van der Waals surface area contributed by atoms with E-state index in [1.807, 2.05) is 6.92 Å². The number of hydrogen-bond acceptors (Lipinski definition) is 4. The molecule has 2 atom stereocenters. The Hall–Kier alpha value is -0.920. The number of nitrogens with zero attached hydrogens (tertiary/aromatic N) is 1. The minimum atomic E-state index is -3.33. The molecule has 98 valence electrons. The lowest BCUT2D eigenvalue weighted by Crippen LogP contribution is -2.40. The maximum atomic E-state index is 12.0. The van der Waals surface area contributed by atoms with Crippen molar-refractivity contribution in [3.63, 3.8) is 0 Å². The lowest BCUT2D eigenvalue weighted by molar-refractivity contribution is 0.526. The summed E-state index contributed by atoms with van der Waals surface area (Å²) in [5.74, 6) is 0.646. The van der Waals surface area contributed by atoms with Gasteiger partial charge in [-0.15, -0.1) is 0 Å². The molecule has 0 fully saturated rings. The van der Waals surface area contributed by atoms with Crippen LogP contribution in [0.2, 0.25) is 0 Å². The van der Waals surface area contributed by atoms with Gasteiger partial charge < -0.3 is 10.3 Å². The average molecular weight is 260 g/mol. The molecule has 1 aromatic rings. The summed E-state index contributed by atoms with van der Waals surface area (Å²) in [6.45, 7) is 4.01. The molecule has 3 N–H and O–H groups in total. The van der Waals surface area contributed by atoms with E-state index in [1.54, 1.807) is 26.4 Å². The van der Waals surface area contributed by atoms with Gasteiger partial charge in [-0.25, -0.2) is 18.1 Å². The highest BCUT2D eigenvalue weighted by Crippen LogP contribution is 2.14. The van der Waals surface area contributed by atoms with Crippen molar-refractivity contribution in [2.24, 2.45) is 0 Å². The molecule has 0 aliphatic heterocycles. The van der Waals surface area contributed by atoms with Crippen molar-refractivity contribution in [2.75, 3.05) is 13.6 Å². The van der Waals surface area contributed by atoms with Crippen molar-refractivity contribution < 1.29 is 8.42 Å². The van der Waals surface area contributed by atoms with Crippen LogP contribution in [0.1, 0.15) is 32.1 Å². The van der Waals surface area contributed by atoms with Crippen LogP contribution in [0.4, 0.5) is 0 Å². The smallest absolute Gasteiger partial charge is 0.216 e. The zero-order chi connectivity index (χ0) is 12.9. The van der Waals surface area contributed by atoms with Crippen LogP contribution in [-0.4, -0.2) is 37.2 Å². The van der Waals surface area contributed by atoms with Crippen LogP contribution in [0.3, 0.4) is 0 Å². The summed E-state index contributed by atoms with van der Waals surface area (Å²) in [5, 5.41) is 2.38. The molecule has 1 rings (SSSR count). The number of rotatable bonds is 7. The molecule has 0 saturated heterocycles. The van der Waals surface area contributed by atoms with E-state index in [1.165, 1.54) is 0 Å². The van der Waals surface area contributed by atoms with E-state index in [-0.39, 0.29) is 6.04 Å². The third-order valence-corrected chi connectivity index (χ3v) is 4.42. The molecule has 0 spiro atoms. The summed E-state index contributed by atoms with van der Waals surface area (Å²) in [5.41, 5.74) is 0. The molecule has 0 aliphatic rings. The van der Waals surface area contributed by atoms with Crippen LogP contribution in [0, 0.1) is 0 Å². The van der Waals surface area contributed by atoms with Crippen LogP contribution in [-0.2, 0) is 10.0 Å². The van der Waals surface area contributed by atoms with E-state index in [0.717, 1.165) is 0 Å². The molecule has 2 unspecified atom stereocenters. The van der Waals surface area contributed by atoms with Crippen LogP contribution in [0.15, 0.2) is 12.4 Å². The topological polar surface area (TPSA) is 86.9 Å². The SMILES string of the molecule is CCC(NS(=O)(=O)C(C)CNC)c1ncc[nH]1. The Morgan fingerprint density at radius 1 is 1.53 bits per heavy atom. The standard InChI is InChI=1S/C10H20N4O2S/c1-4-9(10-12-5-6-13-10)14-17(15,16)8(2)7-11-3/h5-6,8-9,11,14H,4,7H2,1-3H3,(H,12,13). The van der Waals surface area contributed by atoms with Gasteiger partial charge in [0.15, 0.2) is 0 Å². The van der Waals surface area contributed by atoms with E-state index >= 15 is 0 Å². The fourth-order valence-electron chi connectivity index (χ4n) is 1.51. The first-order valence-electron chi connectivity index (χ1n) is 5.66. The van der Waals surface area contributed by atoms with Crippen LogP contribution < -0.4 is 10.0 Å². The fraction of sp³-hybridized carbons (Fsp3) is 0.700. The summed E-state index contributed by atoms with van der Waals surface area (Å²) in [7, 11) is -1.60. The maximum Gasteiger partial charge on any atom is 0.216 e. The van der Waals surface area contributed by atoms with Gasteiger partial charge in [-0.2, -0.15) is 0 Å². The number of sulfonamides is 1. The molecule has 0 amide bonds. The molecule has 0 bridgehead atoms. The fourth-order valence-corrected chi connectivity index (χ4v) is 2.81. The highest BCUT2D eigenvalue weighted by atomic mass is 32.2. The predicted octanol–water partition coefficient (Wildman–Crippen LogP) is 0.388. The molecule has 1 aromatic heterocycles. The Bertz CT molecular complexity index is 416. The Morgan fingerprint density at radius 3 is 2.71 bits per heavy atom. The third-order valence-electron chi connectivity index (χ3n) is 2.59. The first kappa shape index (κ1) is 14.1. The van der Waals surface area contributed by atoms with E-state index in [4.69, 9.17) is 0 Å². The summed E-state index contributed by atoms with van der Waals surface area (Å²) in [4.78, 5) is 7.01. The van der Waals surface area contributed by atoms with Gasteiger partial charge >= 0.3 is 0 Å². The van der Waals surface area contributed by atoms with Gasteiger partial charge in [0.2, 0.25) is 10.0 Å². The Morgan fingerprint density at radius 2 is 2.24 bits per heavy atom. The van der Waals surface area contributed by atoms with E-state index in [0.29, 0.717) is 18.8 Å². The third kappa shape index (κ3) is 3.79. The average Bonchev–Trinajstić information content (AvgIpc) is 2.79. The van der Waals surface area contributed by atoms with Gasteiger partial charge in [-0.05, 0) is 20.4 Å². The van der Waals surface area contributed by atoms with Crippen molar-refractivity contribution in [2.45, 2.75) is 31.6 Å². The van der Waals surface area contributed by atoms with Gasteiger partial charge in [0, 0.05) is 18.9 Å². The summed E-state index contributed by atoms with van der Waals surface area (Å²) >= 11 is 0. The molecular weight excluding hydrogens is 240 g/mol. The Kier molecular flexibility index (Phi) is 5.10. The number of imidazole rings is 1. The molecule has 7 heteroatoms. The molecule has 17 heavy (non-hydrogen) atoms. The minimum absolute atomic E-state index is 0.297. The number of aromatic amines is 1. The van der Waals surface area contributed by atoms with Gasteiger partial charge in [0.1, 0.15) is 5.82 Å². The lowest BCUT2D eigenvalue weighted by Gasteiger charge is -2.18. The first-order chi connectivity index (χ1) is 8.01. The monoisotopic (exact) mass is 260 g/mol. The lowest BCUT2D eigenvalue weighted by atomic mass is 10.2. The van der Waals surface area contributed by atoms with Gasteiger partial charge in [-0.1, -0.05) is 6.92 Å². The van der Waals surface area contributed by atoms with E-state index < -0.39 is 15.3 Å². The van der Waals surface area contributed by atoms with E-state index in [2.05, 4.69) is 20.0 Å². The largest absolute Gasteiger partial charge is 0.347 e.